The van der Waals surface area contributed by atoms with Crippen molar-refractivity contribution in [3.05, 3.63) is 35.2 Å². The van der Waals surface area contributed by atoms with Crippen LogP contribution in [0.3, 0.4) is 0 Å². The first kappa shape index (κ1) is 11.7. The van der Waals surface area contributed by atoms with Crippen LogP contribution in [0.1, 0.15) is 16.8 Å². The van der Waals surface area contributed by atoms with Gasteiger partial charge in [-0.15, -0.1) is 11.3 Å². The normalized spacial score (nSPS) is 16.8. The second kappa shape index (κ2) is 5.08. The minimum Gasteiger partial charge on any atom is -0.337 e. The highest BCUT2D eigenvalue weighted by molar-refractivity contribution is 7.17. The maximum absolute atomic E-state index is 12.5. The van der Waals surface area contributed by atoms with E-state index >= 15 is 0 Å². The van der Waals surface area contributed by atoms with Gasteiger partial charge in [-0.05, 0) is 19.0 Å². The maximum atomic E-state index is 12.5. The highest BCUT2D eigenvalue weighted by Crippen LogP contribution is 2.26. The second-order valence-electron chi connectivity index (χ2n) is 4.54. The molecule has 1 saturated heterocycles. The van der Waals surface area contributed by atoms with Crippen LogP contribution < -0.4 is 5.32 Å². The van der Waals surface area contributed by atoms with Crippen molar-refractivity contribution in [3.63, 3.8) is 0 Å². The van der Waals surface area contributed by atoms with Crippen LogP contribution in [0.25, 0.3) is 10.1 Å². The maximum Gasteiger partial charge on any atom is 0.255 e. The zero-order valence-electron chi connectivity index (χ0n) is 10.2. The fourth-order valence-corrected chi connectivity index (χ4v) is 3.30. The Hall–Kier alpha value is -1.39. The van der Waals surface area contributed by atoms with E-state index in [1.54, 1.807) is 11.3 Å². The summed E-state index contributed by atoms with van der Waals surface area (Å²) in [6.07, 6.45) is 1.04. The lowest BCUT2D eigenvalue weighted by molar-refractivity contribution is 0.0769. The van der Waals surface area contributed by atoms with E-state index in [4.69, 9.17) is 0 Å². The summed E-state index contributed by atoms with van der Waals surface area (Å²) in [5.41, 5.74) is 0.859. The van der Waals surface area contributed by atoms with Gasteiger partial charge in [-0.1, -0.05) is 18.2 Å². The molecule has 0 radical (unpaired) electrons. The standard InChI is InChI=1S/C14H16N2OS/c17-14(16-8-3-6-15-7-9-16)12-10-18-13-5-2-1-4-11(12)13/h1-2,4-5,10,15H,3,6-9H2. The molecule has 0 saturated carbocycles. The Morgan fingerprint density at radius 2 is 2.11 bits per heavy atom. The molecule has 1 aromatic carbocycles. The average Bonchev–Trinajstić information content (AvgIpc) is 2.65. The molecular weight excluding hydrogens is 244 g/mol. The van der Waals surface area contributed by atoms with Gasteiger partial charge in [-0.3, -0.25) is 4.79 Å². The van der Waals surface area contributed by atoms with Crippen molar-refractivity contribution < 1.29 is 4.79 Å². The van der Waals surface area contributed by atoms with Crippen molar-refractivity contribution in [1.29, 1.82) is 0 Å². The van der Waals surface area contributed by atoms with Gasteiger partial charge in [0.1, 0.15) is 0 Å². The Bertz CT molecular complexity index is 556. The van der Waals surface area contributed by atoms with Crippen molar-refractivity contribution in [2.24, 2.45) is 0 Å². The second-order valence-corrected chi connectivity index (χ2v) is 5.45. The fourth-order valence-electron chi connectivity index (χ4n) is 2.36. The van der Waals surface area contributed by atoms with Crippen LogP contribution in [0.2, 0.25) is 0 Å². The first-order chi connectivity index (χ1) is 8.86. The number of hydrogen-bond donors (Lipinski definition) is 1. The number of fused-ring (bicyclic) bond motifs is 1. The molecule has 0 unspecified atom stereocenters. The molecular formula is C14H16N2OS. The zero-order chi connectivity index (χ0) is 12.4. The summed E-state index contributed by atoms with van der Waals surface area (Å²) < 4.78 is 1.19. The van der Waals surface area contributed by atoms with Gasteiger partial charge in [0.05, 0.1) is 5.56 Å². The number of carbonyl (C=O) groups excluding carboxylic acids is 1. The lowest BCUT2D eigenvalue weighted by Gasteiger charge is -2.19. The predicted octanol–water partition coefficient (Wildman–Crippen LogP) is 2.34. The van der Waals surface area contributed by atoms with Gasteiger partial charge < -0.3 is 10.2 Å². The Labute approximate surface area is 110 Å². The minimum atomic E-state index is 0.177. The third-order valence-corrected chi connectivity index (χ3v) is 4.30. The number of carbonyl (C=O) groups is 1. The van der Waals surface area contributed by atoms with Gasteiger partial charge in [-0.25, -0.2) is 0 Å². The van der Waals surface area contributed by atoms with Gasteiger partial charge in [0, 0.05) is 35.1 Å². The molecule has 0 bridgehead atoms. The number of benzene rings is 1. The van der Waals surface area contributed by atoms with Crippen molar-refractivity contribution in [2.45, 2.75) is 6.42 Å². The summed E-state index contributed by atoms with van der Waals surface area (Å²) in [7, 11) is 0. The van der Waals surface area contributed by atoms with Crippen LogP contribution in [0.5, 0.6) is 0 Å². The first-order valence-corrected chi connectivity index (χ1v) is 7.20. The van der Waals surface area contributed by atoms with Gasteiger partial charge in [0.25, 0.3) is 5.91 Å². The molecule has 1 amide bonds. The number of nitrogens with one attached hydrogen (secondary N) is 1. The molecule has 2 aromatic rings. The quantitative estimate of drug-likeness (QED) is 0.853. The van der Waals surface area contributed by atoms with E-state index in [1.165, 1.54) is 4.70 Å². The lowest BCUT2D eigenvalue weighted by atomic mass is 10.1. The van der Waals surface area contributed by atoms with E-state index in [2.05, 4.69) is 11.4 Å². The van der Waals surface area contributed by atoms with Crippen molar-refractivity contribution in [1.82, 2.24) is 10.2 Å². The van der Waals surface area contributed by atoms with Crippen molar-refractivity contribution in [2.75, 3.05) is 26.2 Å². The Balaban J connectivity index is 1.91. The van der Waals surface area contributed by atoms with E-state index < -0.39 is 0 Å². The summed E-state index contributed by atoms with van der Waals surface area (Å²) in [6.45, 7) is 3.57. The molecule has 1 aliphatic rings. The topological polar surface area (TPSA) is 32.3 Å². The summed E-state index contributed by atoms with van der Waals surface area (Å²) in [5, 5.41) is 6.40. The number of thiophene rings is 1. The molecule has 1 aliphatic heterocycles. The van der Waals surface area contributed by atoms with Crippen molar-refractivity contribution >= 4 is 27.3 Å². The van der Waals surface area contributed by atoms with E-state index in [0.717, 1.165) is 43.5 Å². The summed E-state index contributed by atoms with van der Waals surface area (Å²) in [5.74, 6) is 0.177. The van der Waals surface area contributed by atoms with Gasteiger partial charge in [0.15, 0.2) is 0 Å². The Kier molecular flexibility index (Phi) is 3.30. The number of nitrogens with zero attached hydrogens (tertiary/aromatic N) is 1. The molecule has 0 atom stereocenters. The van der Waals surface area contributed by atoms with Crippen LogP contribution in [0.15, 0.2) is 29.6 Å². The molecule has 3 nitrogen and oxygen atoms in total. The lowest BCUT2D eigenvalue weighted by Crippen LogP contribution is -2.34. The third-order valence-electron chi connectivity index (χ3n) is 3.34. The van der Waals surface area contributed by atoms with Crippen LogP contribution in [0.4, 0.5) is 0 Å². The molecule has 1 aromatic heterocycles. The smallest absolute Gasteiger partial charge is 0.255 e. The monoisotopic (exact) mass is 260 g/mol. The van der Waals surface area contributed by atoms with E-state index in [-0.39, 0.29) is 5.91 Å². The first-order valence-electron chi connectivity index (χ1n) is 6.32. The highest BCUT2D eigenvalue weighted by Gasteiger charge is 2.19. The molecule has 0 aliphatic carbocycles. The molecule has 1 N–H and O–H groups in total. The van der Waals surface area contributed by atoms with E-state index in [9.17, 15) is 4.79 Å². The third kappa shape index (κ3) is 2.13. The van der Waals surface area contributed by atoms with E-state index in [0.29, 0.717) is 0 Å². The predicted molar refractivity (Wildman–Crippen MR) is 75.2 cm³/mol. The van der Waals surface area contributed by atoms with Gasteiger partial charge in [-0.2, -0.15) is 0 Å². The molecule has 3 rings (SSSR count). The van der Waals surface area contributed by atoms with Gasteiger partial charge in [0.2, 0.25) is 0 Å². The van der Waals surface area contributed by atoms with Crippen molar-refractivity contribution in [3.8, 4) is 0 Å². The largest absolute Gasteiger partial charge is 0.337 e. The number of amides is 1. The minimum absolute atomic E-state index is 0.177. The zero-order valence-corrected chi connectivity index (χ0v) is 11.0. The number of hydrogen-bond acceptors (Lipinski definition) is 3. The number of rotatable bonds is 1. The Morgan fingerprint density at radius 3 is 3.06 bits per heavy atom. The fraction of sp³-hybridized carbons (Fsp3) is 0.357. The molecule has 2 heterocycles. The van der Waals surface area contributed by atoms with Gasteiger partial charge >= 0.3 is 0 Å². The van der Waals surface area contributed by atoms with Crippen LogP contribution in [0, 0.1) is 0 Å². The highest BCUT2D eigenvalue weighted by atomic mass is 32.1. The van der Waals surface area contributed by atoms with Crippen LogP contribution in [-0.2, 0) is 0 Å². The molecule has 94 valence electrons. The summed E-state index contributed by atoms with van der Waals surface area (Å²) in [6, 6.07) is 8.12. The van der Waals surface area contributed by atoms with Crippen LogP contribution >= 0.6 is 11.3 Å². The molecule has 0 spiro atoms. The summed E-state index contributed by atoms with van der Waals surface area (Å²) >= 11 is 1.65. The summed E-state index contributed by atoms with van der Waals surface area (Å²) in [4.78, 5) is 14.5. The van der Waals surface area contributed by atoms with E-state index in [1.807, 2.05) is 28.5 Å². The van der Waals surface area contributed by atoms with Crippen LogP contribution in [-0.4, -0.2) is 37.0 Å². The SMILES string of the molecule is O=C(c1csc2ccccc12)N1CCCNCC1. The molecule has 1 fully saturated rings. The molecule has 18 heavy (non-hydrogen) atoms. The Morgan fingerprint density at radius 1 is 1.22 bits per heavy atom. The molecule has 4 heteroatoms. The average molecular weight is 260 g/mol.